The fourth-order valence-corrected chi connectivity index (χ4v) is 2.96. The number of nitrogens with one attached hydrogen (secondary N) is 2. The summed E-state index contributed by atoms with van der Waals surface area (Å²) in [7, 11) is 0. The van der Waals surface area contributed by atoms with Gasteiger partial charge in [0.25, 0.3) is 0 Å². The van der Waals surface area contributed by atoms with Gasteiger partial charge in [-0.25, -0.2) is 4.79 Å². The van der Waals surface area contributed by atoms with E-state index in [4.69, 9.17) is 5.41 Å². The summed E-state index contributed by atoms with van der Waals surface area (Å²) in [6.45, 7) is 4.87. The predicted octanol–water partition coefficient (Wildman–Crippen LogP) is 3.26. The van der Waals surface area contributed by atoms with Crippen molar-refractivity contribution in [1.82, 2.24) is 10.2 Å². The van der Waals surface area contributed by atoms with Gasteiger partial charge in [0.1, 0.15) is 11.9 Å². The number of amidine groups is 1. The van der Waals surface area contributed by atoms with Crippen LogP contribution in [0.2, 0.25) is 0 Å². The summed E-state index contributed by atoms with van der Waals surface area (Å²) in [4.78, 5) is 13.9. The molecule has 2 aliphatic rings. The minimum absolute atomic E-state index is 0.140. The lowest BCUT2D eigenvalue weighted by Gasteiger charge is -2.26. The van der Waals surface area contributed by atoms with Crippen LogP contribution in [0, 0.1) is 11.3 Å². The smallest absolute Gasteiger partial charge is 0.310 e. The second-order valence-electron chi connectivity index (χ2n) is 6.20. The molecule has 0 bridgehead atoms. The number of benzene rings is 1. The molecule has 106 valence electrons. The first kappa shape index (κ1) is 13.2. The summed E-state index contributed by atoms with van der Waals surface area (Å²) in [5.74, 6) is 1.32. The molecule has 2 fully saturated rings. The third-order valence-corrected chi connectivity index (χ3v) is 3.96. The zero-order valence-corrected chi connectivity index (χ0v) is 12.0. The van der Waals surface area contributed by atoms with Gasteiger partial charge in [0.2, 0.25) is 0 Å². The highest BCUT2D eigenvalue weighted by atomic mass is 16.2. The molecule has 3 rings (SSSR count). The number of hydrogen-bond acceptors (Lipinski definition) is 2. The fourth-order valence-electron chi connectivity index (χ4n) is 2.96. The van der Waals surface area contributed by atoms with Gasteiger partial charge in [-0.05, 0) is 35.8 Å². The summed E-state index contributed by atoms with van der Waals surface area (Å²) < 4.78 is 0. The minimum atomic E-state index is -0.235. The summed E-state index contributed by atoms with van der Waals surface area (Å²) >= 11 is 0. The Bertz CT molecular complexity index is 548. The molecule has 1 heterocycles. The molecule has 1 unspecified atom stereocenters. The fraction of sp³-hybridized carbons (Fsp3) is 0.500. The van der Waals surface area contributed by atoms with Gasteiger partial charge < -0.3 is 4.90 Å². The number of rotatable bonds is 4. The van der Waals surface area contributed by atoms with Crippen LogP contribution in [0.1, 0.15) is 49.8 Å². The Balaban J connectivity index is 1.98. The first-order valence-corrected chi connectivity index (χ1v) is 7.32. The Morgan fingerprint density at radius 3 is 2.55 bits per heavy atom. The first-order valence-electron chi connectivity index (χ1n) is 7.32. The molecule has 1 aromatic rings. The number of hydrogen-bond donors (Lipinski definition) is 2. The van der Waals surface area contributed by atoms with Crippen LogP contribution < -0.4 is 5.32 Å². The van der Waals surface area contributed by atoms with Crippen molar-refractivity contribution in [2.75, 3.05) is 6.54 Å². The van der Waals surface area contributed by atoms with Crippen LogP contribution in [0.15, 0.2) is 24.3 Å². The molecule has 1 saturated heterocycles. The topological polar surface area (TPSA) is 56.2 Å². The molecule has 4 nitrogen and oxygen atoms in total. The second kappa shape index (κ2) is 4.93. The lowest BCUT2D eigenvalue weighted by Crippen LogP contribution is -2.33. The highest BCUT2D eigenvalue weighted by Crippen LogP contribution is 2.44. The Hall–Kier alpha value is -1.84. The maximum Gasteiger partial charge on any atom is 0.323 e. The third kappa shape index (κ3) is 2.30. The molecule has 1 aromatic carbocycles. The van der Waals surface area contributed by atoms with E-state index in [0.717, 1.165) is 5.56 Å². The normalized spacial score (nSPS) is 22.6. The summed E-state index contributed by atoms with van der Waals surface area (Å²) in [5.41, 5.74) is 2.44. The zero-order valence-electron chi connectivity index (χ0n) is 12.0. The van der Waals surface area contributed by atoms with Crippen molar-refractivity contribution in [3.05, 3.63) is 35.4 Å². The van der Waals surface area contributed by atoms with Gasteiger partial charge in [-0.2, -0.15) is 0 Å². The van der Waals surface area contributed by atoms with Crippen LogP contribution in [0.25, 0.3) is 0 Å². The standard InChI is InChI=1S/C16H21N3O/c1-10(2)9-19-14(15(17)18-16(19)20)13-6-4-3-5-12(13)11-7-8-11/h3-6,10-11,14H,7-9H2,1-2H3,(H2,17,18,20). The SMILES string of the molecule is CC(C)CN1C(=O)NC(=N)C1c1ccccc1C1CC1. The van der Waals surface area contributed by atoms with Crippen molar-refractivity contribution in [2.24, 2.45) is 5.92 Å². The largest absolute Gasteiger partial charge is 0.323 e. The number of carbonyl (C=O) groups excluding carboxylic acids is 1. The Morgan fingerprint density at radius 1 is 1.30 bits per heavy atom. The van der Waals surface area contributed by atoms with Crippen LogP contribution in [-0.2, 0) is 0 Å². The van der Waals surface area contributed by atoms with E-state index < -0.39 is 0 Å². The maximum absolute atomic E-state index is 12.1. The molecular weight excluding hydrogens is 250 g/mol. The monoisotopic (exact) mass is 271 g/mol. The van der Waals surface area contributed by atoms with Crippen molar-refractivity contribution in [3.63, 3.8) is 0 Å². The summed E-state index contributed by atoms with van der Waals surface area (Å²) in [5, 5.41) is 10.8. The van der Waals surface area contributed by atoms with Gasteiger partial charge in [-0.3, -0.25) is 10.7 Å². The van der Waals surface area contributed by atoms with Crippen LogP contribution in [-0.4, -0.2) is 23.3 Å². The van der Waals surface area contributed by atoms with E-state index >= 15 is 0 Å². The zero-order chi connectivity index (χ0) is 14.3. The van der Waals surface area contributed by atoms with Gasteiger partial charge in [0.05, 0.1) is 0 Å². The molecule has 1 saturated carbocycles. The van der Waals surface area contributed by atoms with E-state index in [0.29, 0.717) is 24.2 Å². The molecule has 0 aromatic heterocycles. The minimum Gasteiger partial charge on any atom is -0.310 e. The van der Waals surface area contributed by atoms with Gasteiger partial charge in [0.15, 0.2) is 0 Å². The Kier molecular flexibility index (Phi) is 3.24. The first-order chi connectivity index (χ1) is 9.58. The number of carbonyl (C=O) groups is 1. The van der Waals surface area contributed by atoms with Crippen LogP contribution >= 0.6 is 0 Å². The van der Waals surface area contributed by atoms with Crippen molar-refractivity contribution in [3.8, 4) is 0 Å². The van der Waals surface area contributed by atoms with Crippen LogP contribution in [0.4, 0.5) is 4.79 Å². The quantitative estimate of drug-likeness (QED) is 0.867. The molecule has 1 aliphatic heterocycles. The van der Waals surface area contributed by atoms with E-state index in [1.54, 1.807) is 4.90 Å². The summed E-state index contributed by atoms with van der Waals surface area (Å²) in [6.07, 6.45) is 2.45. The van der Waals surface area contributed by atoms with Gasteiger partial charge >= 0.3 is 6.03 Å². The number of urea groups is 1. The second-order valence-corrected chi connectivity index (χ2v) is 6.20. The van der Waals surface area contributed by atoms with E-state index in [9.17, 15) is 4.79 Å². The molecule has 1 atom stereocenters. The van der Waals surface area contributed by atoms with Gasteiger partial charge in [-0.15, -0.1) is 0 Å². The highest BCUT2D eigenvalue weighted by molar-refractivity contribution is 6.06. The highest BCUT2D eigenvalue weighted by Gasteiger charge is 2.39. The third-order valence-electron chi connectivity index (χ3n) is 3.96. The van der Waals surface area contributed by atoms with Crippen molar-refractivity contribution in [1.29, 1.82) is 5.41 Å². The van der Waals surface area contributed by atoms with Crippen molar-refractivity contribution in [2.45, 2.75) is 38.6 Å². The van der Waals surface area contributed by atoms with E-state index in [2.05, 4.69) is 37.4 Å². The lowest BCUT2D eigenvalue weighted by atomic mass is 9.95. The molecule has 2 N–H and O–H groups in total. The molecule has 0 radical (unpaired) electrons. The van der Waals surface area contributed by atoms with E-state index in [-0.39, 0.29) is 12.1 Å². The van der Waals surface area contributed by atoms with Gasteiger partial charge in [-0.1, -0.05) is 38.1 Å². The Morgan fingerprint density at radius 2 is 1.95 bits per heavy atom. The molecule has 1 aliphatic carbocycles. The van der Waals surface area contributed by atoms with E-state index in [1.807, 2.05) is 6.07 Å². The average Bonchev–Trinajstić information content (AvgIpc) is 3.18. The van der Waals surface area contributed by atoms with Gasteiger partial charge in [0, 0.05) is 6.54 Å². The predicted molar refractivity (Wildman–Crippen MR) is 79.0 cm³/mol. The average molecular weight is 271 g/mol. The van der Waals surface area contributed by atoms with Crippen molar-refractivity contribution < 1.29 is 4.79 Å². The van der Waals surface area contributed by atoms with Crippen molar-refractivity contribution >= 4 is 11.9 Å². The number of nitrogens with zero attached hydrogens (tertiary/aromatic N) is 1. The number of amides is 2. The Labute approximate surface area is 119 Å². The molecule has 4 heteroatoms. The maximum atomic E-state index is 12.1. The lowest BCUT2D eigenvalue weighted by molar-refractivity contribution is 0.198. The molecule has 20 heavy (non-hydrogen) atoms. The molecule has 2 amide bonds. The van der Waals surface area contributed by atoms with Crippen LogP contribution in [0.5, 0.6) is 0 Å². The molecular formula is C16H21N3O. The summed E-state index contributed by atoms with van der Waals surface area (Å²) in [6, 6.07) is 7.90. The molecule has 0 spiro atoms. The van der Waals surface area contributed by atoms with E-state index in [1.165, 1.54) is 18.4 Å². The van der Waals surface area contributed by atoms with Crippen LogP contribution in [0.3, 0.4) is 0 Å².